The minimum absolute atomic E-state index is 0.0178. The second-order valence-electron chi connectivity index (χ2n) is 5.91. The van der Waals surface area contributed by atoms with Gasteiger partial charge < -0.3 is 15.0 Å². The molecule has 1 aromatic carbocycles. The normalized spacial score (nSPS) is 16.4. The second-order valence-corrected chi connectivity index (χ2v) is 5.91. The molecule has 4 nitrogen and oxygen atoms in total. The fraction of sp³-hybridized carbons (Fsp3) is 0.471. The van der Waals surface area contributed by atoms with Gasteiger partial charge in [0.25, 0.3) is 0 Å². The first kappa shape index (κ1) is 14.1. The van der Waals surface area contributed by atoms with Crippen LogP contribution in [0.5, 0.6) is 0 Å². The molecule has 0 amide bonds. The van der Waals surface area contributed by atoms with E-state index in [1.165, 1.54) is 37.7 Å². The van der Waals surface area contributed by atoms with Crippen molar-refractivity contribution in [2.75, 3.05) is 0 Å². The van der Waals surface area contributed by atoms with Crippen LogP contribution in [0.25, 0.3) is 10.9 Å². The summed E-state index contributed by atoms with van der Waals surface area (Å²) in [6.07, 6.45) is 8.49. The van der Waals surface area contributed by atoms with Crippen LogP contribution >= 0.6 is 0 Å². The summed E-state index contributed by atoms with van der Waals surface area (Å²) in [7, 11) is 0. The number of aliphatic carboxylic acids is 1. The number of carboxylic acid groups (broad SMARTS) is 1. The minimum atomic E-state index is -0.803. The van der Waals surface area contributed by atoms with Crippen molar-refractivity contribution in [2.24, 2.45) is 0 Å². The molecule has 1 aromatic heterocycles. The third-order valence-corrected chi connectivity index (χ3v) is 4.36. The number of hydrogen-bond donors (Lipinski definition) is 2. The number of carboxylic acids is 1. The van der Waals surface area contributed by atoms with E-state index in [9.17, 15) is 4.79 Å². The molecule has 4 heteroatoms. The van der Waals surface area contributed by atoms with E-state index in [4.69, 9.17) is 5.11 Å². The largest absolute Gasteiger partial charge is 0.480 e. The maximum Gasteiger partial charge on any atom is 0.323 e. The van der Waals surface area contributed by atoms with Crippen LogP contribution in [-0.2, 0) is 17.9 Å². The van der Waals surface area contributed by atoms with Crippen molar-refractivity contribution in [1.82, 2.24) is 9.88 Å². The minimum Gasteiger partial charge on any atom is -0.480 e. The molecule has 1 aliphatic rings. The zero-order chi connectivity index (χ0) is 14.7. The Bertz CT molecular complexity index is 627. The van der Waals surface area contributed by atoms with Crippen LogP contribution in [0, 0.1) is 0 Å². The van der Waals surface area contributed by atoms with Gasteiger partial charge in [-0.2, -0.15) is 0 Å². The van der Waals surface area contributed by atoms with Crippen LogP contribution in [0.15, 0.2) is 30.5 Å². The van der Waals surface area contributed by atoms with Crippen molar-refractivity contribution in [3.05, 3.63) is 36.0 Å². The van der Waals surface area contributed by atoms with Gasteiger partial charge in [0.2, 0.25) is 0 Å². The predicted octanol–water partition coefficient (Wildman–Crippen LogP) is 3.15. The Balaban J connectivity index is 1.79. The molecule has 1 saturated carbocycles. The topological polar surface area (TPSA) is 54.3 Å². The summed E-state index contributed by atoms with van der Waals surface area (Å²) in [5.74, 6) is -0.803. The Morgan fingerprint density at radius 2 is 2.00 bits per heavy atom. The van der Waals surface area contributed by atoms with Gasteiger partial charge in [0.05, 0.1) is 0 Å². The van der Waals surface area contributed by atoms with E-state index >= 15 is 0 Å². The summed E-state index contributed by atoms with van der Waals surface area (Å²) < 4.78 is 1.83. The molecule has 2 N–H and O–H groups in total. The molecule has 3 rings (SSSR count). The summed E-state index contributed by atoms with van der Waals surface area (Å²) in [6, 6.07) is 8.64. The maximum absolute atomic E-state index is 11.0. The molecule has 112 valence electrons. The van der Waals surface area contributed by atoms with Gasteiger partial charge in [-0.1, -0.05) is 37.5 Å². The smallest absolute Gasteiger partial charge is 0.323 e. The van der Waals surface area contributed by atoms with Crippen molar-refractivity contribution >= 4 is 16.9 Å². The molecule has 0 aliphatic heterocycles. The molecule has 1 aliphatic carbocycles. The third-order valence-electron chi connectivity index (χ3n) is 4.36. The van der Waals surface area contributed by atoms with Gasteiger partial charge in [-0.25, -0.2) is 0 Å². The van der Waals surface area contributed by atoms with E-state index in [2.05, 4.69) is 11.4 Å². The summed E-state index contributed by atoms with van der Waals surface area (Å²) in [4.78, 5) is 11.0. The number of carbonyl (C=O) groups is 1. The van der Waals surface area contributed by atoms with Gasteiger partial charge in [0.15, 0.2) is 0 Å². The Morgan fingerprint density at radius 3 is 2.76 bits per heavy atom. The van der Waals surface area contributed by atoms with Crippen LogP contribution in [0.4, 0.5) is 0 Å². The van der Waals surface area contributed by atoms with E-state index < -0.39 is 5.97 Å². The first-order chi connectivity index (χ1) is 10.2. The number of rotatable bonds is 5. The molecule has 0 spiro atoms. The summed E-state index contributed by atoms with van der Waals surface area (Å²) in [6.45, 7) is 0.835. The monoisotopic (exact) mass is 286 g/mol. The van der Waals surface area contributed by atoms with Crippen molar-refractivity contribution in [3.8, 4) is 0 Å². The van der Waals surface area contributed by atoms with Crippen molar-refractivity contribution < 1.29 is 9.90 Å². The standard InChI is InChI=1S/C17H22N2O2/c20-17(21)12-19-11-13(15-8-4-5-9-16(15)19)10-18-14-6-2-1-3-7-14/h4-5,8-9,11,14,18H,1-3,6-7,10,12H2,(H,20,21). The van der Waals surface area contributed by atoms with Gasteiger partial charge in [0.1, 0.15) is 6.54 Å². The number of aromatic nitrogens is 1. The first-order valence-electron chi connectivity index (χ1n) is 7.76. The molecule has 0 saturated heterocycles. The van der Waals surface area contributed by atoms with Gasteiger partial charge in [-0.3, -0.25) is 4.79 Å². The number of nitrogens with zero attached hydrogens (tertiary/aromatic N) is 1. The zero-order valence-corrected chi connectivity index (χ0v) is 12.2. The highest BCUT2D eigenvalue weighted by atomic mass is 16.4. The average molecular weight is 286 g/mol. The van der Waals surface area contributed by atoms with Crippen LogP contribution < -0.4 is 5.32 Å². The van der Waals surface area contributed by atoms with E-state index in [1.54, 1.807) is 0 Å². The van der Waals surface area contributed by atoms with Gasteiger partial charge in [-0.05, 0) is 24.5 Å². The summed E-state index contributed by atoms with van der Waals surface area (Å²) in [5, 5.41) is 13.8. The highest BCUT2D eigenvalue weighted by Gasteiger charge is 2.14. The molecule has 0 atom stereocenters. The molecule has 0 radical (unpaired) electrons. The number of para-hydroxylation sites is 1. The second kappa shape index (κ2) is 6.31. The third kappa shape index (κ3) is 3.27. The average Bonchev–Trinajstić information content (AvgIpc) is 2.84. The summed E-state index contributed by atoms with van der Waals surface area (Å²) >= 11 is 0. The number of hydrogen-bond acceptors (Lipinski definition) is 2. The quantitative estimate of drug-likeness (QED) is 0.887. The van der Waals surface area contributed by atoms with E-state index in [-0.39, 0.29) is 6.54 Å². The van der Waals surface area contributed by atoms with Gasteiger partial charge >= 0.3 is 5.97 Å². The SMILES string of the molecule is O=C(O)Cn1cc(CNC2CCCCC2)c2ccccc21. The Morgan fingerprint density at radius 1 is 1.24 bits per heavy atom. The predicted molar refractivity (Wildman–Crippen MR) is 83.3 cm³/mol. The molecular formula is C17H22N2O2. The number of fused-ring (bicyclic) bond motifs is 1. The first-order valence-corrected chi connectivity index (χ1v) is 7.76. The fourth-order valence-corrected chi connectivity index (χ4v) is 3.30. The van der Waals surface area contributed by atoms with E-state index in [1.807, 2.05) is 29.0 Å². The Kier molecular flexibility index (Phi) is 4.25. The molecule has 2 aromatic rings. The lowest BCUT2D eigenvalue weighted by atomic mass is 9.95. The van der Waals surface area contributed by atoms with Crippen molar-refractivity contribution in [1.29, 1.82) is 0 Å². The van der Waals surface area contributed by atoms with Crippen LogP contribution in [0.3, 0.4) is 0 Å². The number of nitrogens with one attached hydrogen (secondary N) is 1. The van der Waals surface area contributed by atoms with Gasteiger partial charge in [-0.15, -0.1) is 0 Å². The lowest BCUT2D eigenvalue weighted by Gasteiger charge is -2.22. The summed E-state index contributed by atoms with van der Waals surface area (Å²) in [5.41, 5.74) is 2.19. The Labute approximate surface area is 124 Å². The molecule has 0 bridgehead atoms. The van der Waals surface area contributed by atoms with E-state index in [0.717, 1.165) is 17.4 Å². The molecule has 0 unspecified atom stereocenters. The van der Waals surface area contributed by atoms with E-state index in [0.29, 0.717) is 6.04 Å². The lowest BCUT2D eigenvalue weighted by Crippen LogP contribution is -2.30. The molecular weight excluding hydrogens is 264 g/mol. The lowest BCUT2D eigenvalue weighted by molar-refractivity contribution is -0.137. The highest BCUT2D eigenvalue weighted by Crippen LogP contribution is 2.23. The molecule has 21 heavy (non-hydrogen) atoms. The molecule has 1 fully saturated rings. The van der Waals surface area contributed by atoms with Crippen molar-refractivity contribution in [2.45, 2.75) is 51.2 Å². The maximum atomic E-state index is 11.0. The van der Waals surface area contributed by atoms with Crippen LogP contribution in [0.2, 0.25) is 0 Å². The van der Waals surface area contributed by atoms with Crippen LogP contribution in [0.1, 0.15) is 37.7 Å². The Hall–Kier alpha value is -1.81. The number of benzene rings is 1. The highest BCUT2D eigenvalue weighted by molar-refractivity contribution is 5.85. The fourth-order valence-electron chi connectivity index (χ4n) is 3.30. The van der Waals surface area contributed by atoms with Crippen molar-refractivity contribution in [3.63, 3.8) is 0 Å². The zero-order valence-electron chi connectivity index (χ0n) is 12.2. The van der Waals surface area contributed by atoms with Crippen LogP contribution in [-0.4, -0.2) is 21.7 Å². The molecule has 1 heterocycles. The van der Waals surface area contributed by atoms with Gasteiger partial charge in [0, 0.05) is 29.7 Å².